The van der Waals surface area contributed by atoms with E-state index in [0.717, 1.165) is 11.1 Å². The molecule has 2 heterocycles. The quantitative estimate of drug-likeness (QED) is 0.732. The molecule has 0 unspecified atom stereocenters. The van der Waals surface area contributed by atoms with Gasteiger partial charge in [-0.2, -0.15) is 16.3 Å². The summed E-state index contributed by atoms with van der Waals surface area (Å²) in [6.07, 6.45) is 0. The van der Waals surface area contributed by atoms with E-state index in [4.69, 9.17) is 4.52 Å². The topological polar surface area (TPSA) is 71.2 Å². The Kier molecular flexibility index (Phi) is 4.33. The van der Waals surface area contributed by atoms with Crippen molar-refractivity contribution in [1.82, 2.24) is 15.5 Å². The zero-order valence-electron chi connectivity index (χ0n) is 12.2. The number of hydrogen-bond acceptors (Lipinski definition) is 6. The molecule has 114 valence electrons. The van der Waals surface area contributed by atoms with Crippen LogP contribution in [0.5, 0.6) is 0 Å². The minimum Gasteiger partial charge on any atom is -0.394 e. The van der Waals surface area contributed by atoms with Crippen LogP contribution < -0.4 is 5.32 Å². The molecule has 5 nitrogen and oxygen atoms in total. The second-order valence-electron chi connectivity index (χ2n) is 5.23. The van der Waals surface area contributed by atoms with Crippen LogP contribution >= 0.6 is 11.3 Å². The molecule has 0 saturated heterocycles. The standard InChI is InChI=1S/C16H17N3O2S/c1-16(11-20,13-5-3-2-4-6-13)17-9-14-18-15(19-21-14)12-7-8-22-10-12/h2-8,10,17,20H,9,11H2,1H3/t16-/m0/s1. The summed E-state index contributed by atoms with van der Waals surface area (Å²) in [5.74, 6) is 1.08. The highest BCUT2D eigenvalue weighted by Gasteiger charge is 2.25. The first-order chi connectivity index (χ1) is 10.7. The van der Waals surface area contributed by atoms with Crippen molar-refractivity contribution in [3.05, 3.63) is 58.6 Å². The lowest BCUT2D eigenvalue weighted by Gasteiger charge is -2.28. The van der Waals surface area contributed by atoms with E-state index >= 15 is 0 Å². The second-order valence-corrected chi connectivity index (χ2v) is 6.01. The number of thiophene rings is 1. The molecule has 1 atom stereocenters. The average Bonchev–Trinajstić information content (AvgIpc) is 3.24. The van der Waals surface area contributed by atoms with Crippen LogP contribution in [0.25, 0.3) is 11.4 Å². The van der Waals surface area contributed by atoms with Crippen LogP contribution in [0.4, 0.5) is 0 Å². The van der Waals surface area contributed by atoms with Crippen LogP contribution in [-0.2, 0) is 12.1 Å². The molecule has 22 heavy (non-hydrogen) atoms. The number of nitrogens with zero attached hydrogens (tertiary/aromatic N) is 2. The van der Waals surface area contributed by atoms with Crippen LogP contribution in [0, 0.1) is 0 Å². The summed E-state index contributed by atoms with van der Waals surface area (Å²) < 4.78 is 5.26. The molecule has 0 radical (unpaired) electrons. The third kappa shape index (κ3) is 3.09. The Hall–Kier alpha value is -2.02. The van der Waals surface area contributed by atoms with Crippen molar-refractivity contribution in [3.8, 4) is 11.4 Å². The predicted octanol–water partition coefficient (Wildman–Crippen LogP) is 2.80. The highest BCUT2D eigenvalue weighted by Crippen LogP contribution is 2.22. The van der Waals surface area contributed by atoms with Crippen molar-refractivity contribution in [1.29, 1.82) is 0 Å². The van der Waals surface area contributed by atoms with E-state index in [2.05, 4.69) is 15.5 Å². The number of benzene rings is 1. The maximum Gasteiger partial charge on any atom is 0.240 e. The van der Waals surface area contributed by atoms with Gasteiger partial charge < -0.3 is 9.63 Å². The van der Waals surface area contributed by atoms with E-state index in [-0.39, 0.29) is 6.61 Å². The monoisotopic (exact) mass is 315 g/mol. The number of aliphatic hydroxyl groups excluding tert-OH is 1. The fourth-order valence-corrected chi connectivity index (χ4v) is 2.80. The SMILES string of the molecule is C[C@@](CO)(NCc1nc(-c2ccsc2)no1)c1ccccc1. The van der Waals surface area contributed by atoms with Gasteiger partial charge in [0.25, 0.3) is 0 Å². The number of aromatic nitrogens is 2. The molecule has 0 aliphatic carbocycles. The van der Waals surface area contributed by atoms with E-state index in [9.17, 15) is 5.11 Å². The van der Waals surface area contributed by atoms with Crippen molar-refractivity contribution in [2.24, 2.45) is 0 Å². The van der Waals surface area contributed by atoms with Gasteiger partial charge in [0, 0.05) is 10.9 Å². The van der Waals surface area contributed by atoms with Crippen molar-refractivity contribution in [2.75, 3.05) is 6.61 Å². The molecule has 6 heteroatoms. The summed E-state index contributed by atoms with van der Waals surface area (Å²) in [6, 6.07) is 11.8. The van der Waals surface area contributed by atoms with Gasteiger partial charge >= 0.3 is 0 Å². The Morgan fingerprint density at radius 2 is 2.09 bits per heavy atom. The zero-order chi connectivity index (χ0) is 15.4. The molecule has 0 saturated carbocycles. The zero-order valence-corrected chi connectivity index (χ0v) is 13.0. The second kappa shape index (κ2) is 6.39. The van der Waals surface area contributed by atoms with Crippen LogP contribution in [0.3, 0.4) is 0 Å². The number of nitrogens with one attached hydrogen (secondary N) is 1. The van der Waals surface area contributed by atoms with E-state index in [0.29, 0.717) is 18.3 Å². The lowest BCUT2D eigenvalue weighted by atomic mass is 9.93. The van der Waals surface area contributed by atoms with E-state index < -0.39 is 5.54 Å². The molecule has 0 spiro atoms. The highest BCUT2D eigenvalue weighted by atomic mass is 32.1. The molecule has 0 fully saturated rings. The predicted molar refractivity (Wildman–Crippen MR) is 85.3 cm³/mol. The van der Waals surface area contributed by atoms with Gasteiger partial charge in [0.05, 0.1) is 18.7 Å². The van der Waals surface area contributed by atoms with Gasteiger partial charge in [-0.25, -0.2) is 0 Å². The third-order valence-corrected chi connectivity index (χ3v) is 4.29. The molecular weight excluding hydrogens is 298 g/mol. The summed E-state index contributed by atoms with van der Waals surface area (Å²) in [7, 11) is 0. The van der Waals surface area contributed by atoms with Gasteiger partial charge in [-0.3, -0.25) is 5.32 Å². The molecular formula is C16H17N3O2S. The molecule has 0 aliphatic rings. The summed E-state index contributed by atoms with van der Waals surface area (Å²) in [5, 5.41) is 21.0. The van der Waals surface area contributed by atoms with Crippen molar-refractivity contribution >= 4 is 11.3 Å². The number of hydrogen-bond donors (Lipinski definition) is 2. The van der Waals surface area contributed by atoms with Crippen molar-refractivity contribution in [2.45, 2.75) is 19.0 Å². The number of rotatable bonds is 6. The maximum atomic E-state index is 9.74. The summed E-state index contributed by atoms with van der Waals surface area (Å²) in [4.78, 5) is 4.37. The summed E-state index contributed by atoms with van der Waals surface area (Å²) in [5.41, 5.74) is 1.40. The van der Waals surface area contributed by atoms with Crippen LogP contribution in [-0.4, -0.2) is 21.9 Å². The molecule has 3 rings (SSSR count). The van der Waals surface area contributed by atoms with Gasteiger partial charge in [0.1, 0.15) is 0 Å². The number of aliphatic hydroxyl groups is 1. The fourth-order valence-electron chi connectivity index (χ4n) is 2.16. The summed E-state index contributed by atoms with van der Waals surface area (Å²) >= 11 is 1.59. The van der Waals surface area contributed by atoms with Crippen LogP contribution in [0.1, 0.15) is 18.4 Å². The molecule has 0 aliphatic heterocycles. The van der Waals surface area contributed by atoms with Gasteiger partial charge in [0.15, 0.2) is 0 Å². The van der Waals surface area contributed by atoms with Gasteiger partial charge in [0.2, 0.25) is 11.7 Å². The highest BCUT2D eigenvalue weighted by molar-refractivity contribution is 7.08. The summed E-state index contributed by atoms with van der Waals surface area (Å²) in [6.45, 7) is 2.31. The van der Waals surface area contributed by atoms with Gasteiger partial charge in [-0.1, -0.05) is 35.5 Å². The Labute approximate surface area is 132 Å². The first kappa shape index (κ1) is 14.9. The normalized spacial score (nSPS) is 13.9. The molecule has 1 aromatic carbocycles. The third-order valence-electron chi connectivity index (χ3n) is 3.60. The Bertz CT molecular complexity index is 712. The first-order valence-electron chi connectivity index (χ1n) is 6.98. The van der Waals surface area contributed by atoms with E-state index in [1.807, 2.05) is 54.1 Å². The lowest BCUT2D eigenvalue weighted by Crippen LogP contribution is -2.42. The van der Waals surface area contributed by atoms with Crippen LogP contribution in [0.15, 0.2) is 51.7 Å². The molecule has 2 aromatic heterocycles. The minimum absolute atomic E-state index is 0.0253. The van der Waals surface area contributed by atoms with Crippen molar-refractivity contribution < 1.29 is 9.63 Å². The van der Waals surface area contributed by atoms with E-state index in [1.165, 1.54) is 0 Å². The lowest BCUT2D eigenvalue weighted by molar-refractivity contribution is 0.168. The first-order valence-corrected chi connectivity index (χ1v) is 7.92. The van der Waals surface area contributed by atoms with Crippen molar-refractivity contribution in [3.63, 3.8) is 0 Å². The Morgan fingerprint density at radius 1 is 1.27 bits per heavy atom. The van der Waals surface area contributed by atoms with Gasteiger partial charge in [-0.15, -0.1) is 0 Å². The minimum atomic E-state index is -0.557. The maximum absolute atomic E-state index is 9.74. The smallest absolute Gasteiger partial charge is 0.240 e. The fraction of sp³-hybridized carbons (Fsp3) is 0.250. The molecule has 0 amide bonds. The Balaban J connectivity index is 1.71. The Morgan fingerprint density at radius 3 is 2.77 bits per heavy atom. The molecule has 2 N–H and O–H groups in total. The average molecular weight is 315 g/mol. The molecule has 0 bridgehead atoms. The van der Waals surface area contributed by atoms with E-state index in [1.54, 1.807) is 11.3 Å². The van der Waals surface area contributed by atoms with Gasteiger partial charge in [-0.05, 0) is 23.9 Å². The van der Waals surface area contributed by atoms with Crippen LogP contribution in [0.2, 0.25) is 0 Å². The largest absolute Gasteiger partial charge is 0.394 e. The molecule has 3 aromatic rings.